The molecule has 160 valence electrons. The SMILES string of the molecule is CCOC(=O)c1cccc(N(CC)Cc2nnc3n(C)c(=O)c4cc(C)ccc4n23)c1. The lowest BCUT2D eigenvalue weighted by Crippen LogP contribution is -2.25. The summed E-state index contributed by atoms with van der Waals surface area (Å²) in [5, 5.41) is 9.30. The van der Waals surface area contributed by atoms with Gasteiger partial charge >= 0.3 is 5.97 Å². The maximum Gasteiger partial charge on any atom is 0.338 e. The average Bonchev–Trinajstić information content (AvgIpc) is 3.20. The number of nitrogens with zero attached hydrogens (tertiary/aromatic N) is 5. The highest BCUT2D eigenvalue weighted by Crippen LogP contribution is 2.21. The van der Waals surface area contributed by atoms with Crippen molar-refractivity contribution in [2.75, 3.05) is 18.1 Å². The first-order chi connectivity index (χ1) is 14.9. The van der Waals surface area contributed by atoms with Crippen LogP contribution >= 0.6 is 0 Å². The van der Waals surface area contributed by atoms with E-state index in [1.165, 1.54) is 4.57 Å². The number of hydrogen-bond acceptors (Lipinski definition) is 6. The van der Waals surface area contributed by atoms with E-state index in [1.807, 2.05) is 54.6 Å². The fourth-order valence-corrected chi connectivity index (χ4v) is 3.76. The van der Waals surface area contributed by atoms with Crippen LogP contribution in [0.5, 0.6) is 0 Å². The van der Waals surface area contributed by atoms with Gasteiger partial charge in [-0.3, -0.25) is 13.8 Å². The van der Waals surface area contributed by atoms with Gasteiger partial charge in [0.05, 0.1) is 29.6 Å². The second-order valence-electron chi connectivity index (χ2n) is 7.42. The number of benzene rings is 2. The van der Waals surface area contributed by atoms with Crippen molar-refractivity contribution < 1.29 is 9.53 Å². The topological polar surface area (TPSA) is 81.7 Å². The van der Waals surface area contributed by atoms with Crippen molar-refractivity contribution in [3.05, 3.63) is 69.8 Å². The van der Waals surface area contributed by atoms with Crippen LogP contribution in [-0.2, 0) is 18.3 Å². The number of aromatic nitrogens is 4. The van der Waals surface area contributed by atoms with E-state index in [9.17, 15) is 9.59 Å². The number of esters is 1. The molecule has 0 radical (unpaired) electrons. The third-order valence-corrected chi connectivity index (χ3v) is 5.38. The van der Waals surface area contributed by atoms with E-state index in [-0.39, 0.29) is 11.5 Å². The molecule has 4 rings (SSSR count). The Labute approximate surface area is 179 Å². The van der Waals surface area contributed by atoms with Crippen LogP contribution in [0.4, 0.5) is 5.69 Å². The van der Waals surface area contributed by atoms with Gasteiger partial charge in [0.1, 0.15) is 0 Å². The smallest absolute Gasteiger partial charge is 0.338 e. The summed E-state index contributed by atoms with van der Waals surface area (Å²) in [5.41, 5.74) is 3.09. The van der Waals surface area contributed by atoms with Crippen LogP contribution in [0.3, 0.4) is 0 Å². The molecular weight excluding hydrogens is 394 g/mol. The summed E-state index contributed by atoms with van der Waals surface area (Å²) in [6.07, 6.45) is 0. The molecule has 8 heteroatoms. The fraction of sp³-hybridized carbons (Fsp3) is 0.304. The van der Waals surface area contributed by atoms with Gasteiger partial charge < -0.3 is 9.64 Å². The van der Waals surface area contributed by atoms with E-state index in [0.29, 0.717) is 42.2 Å². The fourth-order valence-electron chi connectivity index (χ4n) is 3.76. The molecule has 0 saturated heterocycles. The standard InChI is InChI=1S/C23H25N5O3/c1-5-27(17-9-7-8-16(13-17)22(30)31-6-2)14-20-24-25-23-26(4)21(29)18-12-15(3)10-11-19(18)28(20)23/h7-13H,5-6,14H2,1-4H3. The zero-order valence-electron chi connectivity index (χ0n) is 18.1. The zero-order valence-corrected chi connectivity index (χ0v) is 18.1. The minimum absolute atomic E-state index is 0.0976. The van der Waals surface area contributed by atoms with Crippen molar-refractivity contribution >= 4 is 28.3 Å². The molecule has 0 bridgehead atoms. The second-order valence-corrected chi connectivity index (χ2v) is 7.42. The van der Waals surface area contributed by atoms with Crippen molar-refractivity contribution in [3.8, 4) is 0 Å². The minimum Gasteiger partial charge on any atom is -0.462 e. The highest BCUT2D eigenvalue weighted by atomic mass is 16.5. The van der Waals surface area contributed by atoms with Crippen LogP contribution in [0, 0.1) is 6.92 Å². The lowest BCUT2D eigenvalue weighted by molar-refractivity contribution is 0.0526. The molecule has 0 saturated carbocycles. The molecule has 0 unspecified atom stereocenters. The first-order valence-corrected chi connectivity index (χ1v) is 10.3. The monoisotopic (exact) mass is 419 g/mol. The van der Waals surface area contributed by atoms with Gasteiger partial charge in [-0.2, -0.15) is 0 Å². The summed E-state index contributed by atoms with van der Waals surface area (Å²) < 4.78 is 8.57. The molecule has 4 aromatic rings. The lowest BCUT2D eigenvalue weighted by atomic mass is 10.1. The Balaban J connectivity index is 1.79. The molecule has 31 heavy (non-hydrogen) atoms. The molecule has 0 spiro atoms. The predicted octanol–water partition coefficient (Wildman–Crippen LogP) is 3.09. The van der Waals surface area contributed by atoms with Gasteiger partial charge in [-0.1, -0.05) is 17.7 Å². The highest BCUT2D eigenvalue weighted by molar-refractivity contribution is 5.90. The van der Waals surface area contributed by atoms with E-state index in [1.54, 1.807) is 20.0 Å². The summed E-state index contributed by atoms with van der Waals surface area (Å²) >= 11 is 0. The van der Waals surface area contributed by atoms with Crippen molar-refractivity contribution in [3.63, 3.8) is 0 Å². The van der Waals surface area contributed by atoms with Crippen LogP contribution in [0.25, 0.3) is 16.7 Å². The molecule has 0 atom stereocenters. The third-order valence-electron chi connectivity index (χ3n) is 5.38. The van der Waals surface area contributed by atoms with E-state index in [4.69, 9.17) is 4.74 Å². The normalized spacial score (nSPS) is 11.2. The first-order valence-electron chi connectivity index (χ1n) is 10.3. The number of carbonyl (C=O) groups is 1. The molecule has 0 amide bonds. The number of anilines is 1. The minimum atomic E-state index is -0.343. The predicted molar refractivity (Wildman–Crippen MR) is 120 cm³/mol. The van der Waals surface area contributed by atoms with Crippen LogP contribution in [0.1, 0.15) is 35.6 Å². The van der Waals surface area contributed by atoms with Crippen LogP contribution in [0.2, 0.25) is 0 Å². The van der Waals surface area contributed by atoms with Crippen molar-refractivity contribution in [2.24, 2.45) is 7.05 Å². The number of fused-ring (bicyclic) bond motifs is 3. The molecule has 2 aromatic heterocycles. The van der Waals surface area contributed by atoms with E-state index in [0.717, 1.165) is 16.8 Å². The molecular formula is C23H25N5O3. The van der Waals surface area contributed by atoms with Gasteiger partial charge in [0.2, 0.25) is 5.78 Å². The van der Waals surface area contributed by atoms with Gasteiger partial charge in [-0.15, -0.1) is 10.2 Å². The maximum absolute atomic E-state index is 12.8. The van der Waals surface area contributed by atoms with Crippen molar-refractivity contribution in [1.29, 1.82) is 0 Å². The van der Waals surface area contributed by atoms with Crippen LogP contribution < -0.4 is 10.5 Å². The van der Waals surface area contributed by atoms with E-state index >= 15 is 0 Å². The highest BCUT2D eigenvalue weighted by Gasteiger charge is 2.18. The number of hydrogen-bond donors (Lipinski definition) is 0. The molecule has 2 aromatic carbocycles. The number of rotatable bonds is 6. The third kappa shape index (κ3) is 3.65. The summed E-state index contributed by atoms with van der Waals surface area (Å²) in [7, 11) is 1.71. The van der Waals surface area contributed by atoms with Gasteiger partial charge in [0.25, 0.3) is 5.56 Å². The van der Waals surface area contributed by atoms with Crippen molar-refractivity contribution in [2.45, 2.75) is 27.3 Å². The summed E-state index contributed by atoms with van der Waals surface area (Å²) in [4.78, 5) is 27.0. The molecule has 0 fully saturated rings. The van der Waals surface area contributed by atoms with Crippen molar-refractivity contribution in [1.82, 2.24) is 19.2 Å². The quantitative estimate of drug-likeness (QED) is 0.447. The van der Waals surface area contributed by atoms with Gasteiger partial charge in [0.15, 0.2) is 5.82 Å². The Hall–Kier alpha value is -3.68. The first kappa shape index (κ1) is 20.6. The summed E-state index contributed by atoms with van der Waals surface area (Å²) in [6, 6.07) is 13.2. The van der Waals surface area contributed by atoms with E-state index < -0.39 is 0 Å². The van der Waals surface area contributed by atoms with Gasteiger partial charge in [-0.25, -0.2) is 4.79 Å². The molecule has 0 aliphatic heterocycles. The summed E-state index contributed by atoms with van der Waals surface area (Å²) in [5.74, 6) is 0.861. The van der Waals surface area contributed by atoms with Crippen LogP contribution in [-0.4, -0.2) is 38.3 Å². The Kier molecular flexibility index (Phi) is 5.46. The number of aryl methyl sites for hydroxylation is 2. The summed E-state index contributed by atoms with van der Waals surface area (Å²) in [6.45, 7) is 7.28. The molecule has 0 N–H and O–H groups in total. The average molecular weight is 419 g/mol. The Morgan fingerprint density at radius 3 is 2.68 bits per heavy atom. The molecule has 2 heterocycles. The number of ether oxygens (including phenoxy) is 1. The zero-order chi connectivity index (χ0) is 22.1. The van der Waals surface area contributed by atoms with Gasteiger partial charge in [-0.05, 0) is 51.1 Å². The van der Waals surface area contributed by atoms with Crippen LogP contribution in [0.15, 0.2) is 47.3 Å². The Morgan fingerprint density at radius 2 is 1.94 bits per heavy atom. The number of carbonyl (C=O) groups excluding carboxylic acids is 1. The molecule has 0 aliphatic rings. The molecule has 0 aliphatic carbocycles. The maximum atomic E-state index is 12.8. The van der Waals surface area contributed by atoms with Gasteiger partial charge in [0, 0.05) is 19.3 Å². The lowest BCUT2D eigenvalue weighted by Gasteiger charge is -2.23. The largest absolute Gasteiger partial charge is 0.462 e. The molecule has 8 nitrogen and oxygen atoms in total. The second kappa shape index (κ2) is 8.22. The Bertz CT molecular complexity index is 1340. The van der Waals surface area contributed by atoms with E-state index in [2.05, 4.69) is 15.1 Å². The Morgan fingerprint density at radius 1 is 1.13 bits per heavy atom.